The van der Waals surface area contributed by atoms with Crippen LogP contribution >= 0.6 is 0 Å². The van der Waals surface area contributed by atoms with Crippen molar-refractivity contribution in [1.82, 2.24) is 0 Å². The van der Waals surface area contributed by atoms with Crippen LogP contribution in [-0.4, -0.2) is 16.2 Å². The molecular formula is C11H15OSi. The van der Waals surface area contributed by atoms with Gasteiger partial charge in [0.05, 0.1) is 0 Å². The van der Waals surface area contributed by atoms with Crippen LogP contribution in [0.1, 0.15) is 5.56 Å². The third-order valence-corrected chi connectivity index (χ3v) is 3.72. The normalized spacial score (nSPS) is 10.3. The Hall–Kier alpha value is -0.863. The molecule has 1 rings (SSSR count). The Kier molecular flexibility index (Phi) is 4.50. The maximum Gasteiger partial charge on any atom is 0.238 e. The molecule has 0 amide bonds. The highest BCUT2D eigenvalue weighted by molar-refractivity contribution is 6.57. The van der Waals surface area contributed by atoms with Crippen LogP contribution < -0.4 is 0 Å². The first-order valence-electron chi connectivity index (χ1n) is 4.43. The number of benzene rings is 1. The molecule has 0 aliphatic heterocycles. The molecule has 0 aliphatic carbocycles. The van der Waals surface area contributed by atoms with Crippen LogP contribution in [0.2, 0.25) is 6.04 Å². The van der Waals surface area contributed by atoms with Gasteiger partial charge < -0.3 is 4.43 Å². The molecule has 1 radical (unpaired) electrons. The second-order valence-electron chi connectivity index (χ2n) is 2.86. The van der Waals surface area contributed by atoms with Gasteiger partial charge in [-0.3, -0.25) is 0 Å². The first kappa shape index (κ1) is 10.2. The molecule has 1 nitrogen and oxygen atoms in total. The molecule has 13 heavy (non-hydrogen) atoms. The summed E-state index contributed by atoms with van der Waals surface area (Å²) in [6, 6.07) is 11.6. The summed E-state index contributed by atoms with van der Waals surface area (Å²) in [6.07, 6.45) is 1.09. The zero-order valence-electron chi connectivity index (χ0n) is 7.99. The molecule has 1 aromatic carbocycles. The molecule has 1 aromatic rings. The number of rotatable bonds is 5. The molecule has 69 valence electrons. The molecule has 0 atom stereocenters. The van der Waals surface area contributed by atoms with Gasteiger partial charge in [0.15, 0.2) is 0 Å². The molecule has 0 saturated heterocycles. The van der Waals surface area contributed by atoms with Crippen molar-refractivity contribution in [3.63, 3.8) is 0 Å². The second kappa shape index (κ2) is 5.73. The Labute approximate surface area is 81.8 Å². The van der Waals surface area contributed by atoms with E-state index < -0.39 is 9.04 Å². The van der Waals surface area contributed by atoms with Gasteiger partial charge in [-0.25, -0.2) is 0 Å². The fourth-order valence-corrected chi connectivity index (χ4v) is 2.31. The summed E-state index contributed by atoms with van der Waals surface area (Å²) in [4.78, 5) is 0. The highest BCUT2D eigenvalue weighted by atomic mass is 28.3. The Bertz CT molecular complexity index is 246. The quantitative estimate of drug-likeness (QED) is 0.650. The van der Waals surface area contributed by atoms with E-state index in [2.05, 4.69) is 30.8 Å². The lowest BCUT2D eigenvalue weighted by molar-refractivity contribution is 0.427. The maximum absolute atomic E-state index is 5.30. The van der Waals surface area contributed by atoms with Crippen LogP contribution in [0.5, 0.6) is 0 Å². The van der Waals surface area contributed by atoms with Crippen LogP contribution in [0, 0.1) is 0 Å². The predicted molar refractivity (Wildman–Crippen MR) is 57.9 cm³/mol. The molecule has 0 saturated carbocycles. The predicted octanol–water partition coefficient (Wildman–Crippen LogP) is 2.59. The third-order valence-electron chi connectivity index (χ3n) is 1.99. The molecule has 0 spiro atoms. The van der Waals surface area contributed by atoms with Gasteiger partial charge in [-0.15, -0.1) is 6.58 Å². The van der Waals surface area contributed by atoms with Crippen molar-refractivity contribution in [3.8, 4) is 0 Å². The summed E-state index contributed by atoms with van der Waals surface area (Å²) < 4.78 is 5.30. The molecule has 0 fully saturated rings. The summed E-state index contributed by atoms with van der Waals surface area (Å²) in [6.45, 7) is 3.76. The van der Waals surface area contributed by atoms with Crippen LogP contribution in [0.4, 0.5) is 0 Å². The lowest BCUT2D eigenvalue weighted by Crippen LogP contribution is -2.12. The maximum atomic E-state index is 5.30. The van der Waals surface area contributed by atoms with Crippen molar-refractivity contribution >= 4 is 9.04 Å². The van der Waals surface area contributed by atoms with Crippen LogP contribution in [0.3, 0.4) is 0 Å². The van der Waals surface area contributed by atoms with E-state index in [1.807, 2.05) is 11.8 Å². The molecule has 0 unspecified atom stereocenters. The number of hydrogen-bond acceptors (Lipinski definition) is 1. The third kappa shape index (κ3) is 3.57. The minimum Gasteiger partial charge on any atom is -0.415 e. The first-order valence-corrected chi connectivity index (χ1v) is 6.12. The van der Waals surface area contributed by atoms with E-state index >= 15 is 0 Å². The Morgan fingerprint density at radius 3 is 2.62 bits per heavy atom. The van der Waals surface area contributed by atoms with Crippen molar-refractivity contribution in [1.29, 1.82) is 0 Å². The monoisotopic (exact) mass is 191 g/mol. The average molecular weight is 191 g/mol. The Morgan fingerprint density at radius 1 is 1.38 bits per heavy atom. The van der Waals surface area contributed by atoms with Gasteiger partial charge in [-0.05, 0) is 18.0 Å². The minimum absolute atomic E-state index is 0.757. The second-order valence-corrected chi connectivity index (χ2v) is 5.11. The van der Waals surface area contributed by atoms with E-state index in [0.29, 0.717) is 0 Å². The van der Waals surface area contributed by atoms with Crippen LogP contribution in [0.25, 0.3) is 0 Å². The standard InChI is InChI=1S/C11H15OSi/c1-3-13(12-2)10-9-11-7-5-4-6-8-11/h3-8H,1,9-10H2,2H3. The van der Waals surface area contributed by atoms with E-state index in [1.165, 1.54) is 5.56 Å². The fraction of sp³-hybridized carbons (Fsp3) is 0.273. The van der Waals surface area contributed by atoms with Crippen molar-refractivity contribution in [2.75, 3.05) is 7.11 Å². The van der Waals surface area contributed by atoms with E-state index in [9.17, 15) is 0 Å². The minimum atomic E-state index is -0.757. The summed E-state index contributed by atoms with van der Waals surface area (Å²) in [5.74, 6) is 0. The SMILES string of the molecule is C=C[Si](CCc1ccccc1)OC. The zero-order chi connectivity index (χ0) is 9.52. The Balaban J connectivity index is 2.38. The van der Waals surface area contributed by atoms with Gasteiger partial charge in [-0.2, -0.15) is 0 Å². The number of aryl methyl sites for hydroxylation is 1. The van der Waals surface area contributed by atoms with Crippen molar-refractivity contribution in [2.24, 2.45) is 0 Å². The van der Waals surface area contributed by atoms with Gasteiger partial charge in [-0.1, -0.05) is 36.0 Å². The molecule has 0 aliphatic rings. The summed E-state index contributed by atoms with van der Waals surface area (Å²) >= 11 is 0. The lowest BCUT2D eigenvalue weighted by Gasteiger charge is -2.06. The molecule has 0 N–H and O–H groups in total. The van der Waals surface area contributed by atoms with Gasteiger partial charge in [0, 0.05) is 7.11 Å². The van der Waals surface area contributed by atoms with Crippen LogP contribution in [-0.2, 0) is 10.8 Å². The molecule has 2 heteroatoms. The molecule has 0 aromatic heterocycles. The lowest BCUT2D eigenvalue weighted by atomic mass is 10.2. The van der Waals surface area contributed by atoms with E-state index in [0.717, 1.165) is 12.5 Å². The highest BCUT2D eigenvalue weighted by Crippen LogP contribution is 2.05. The topological polar surface area (TPSA) is 9.23 Å². The fourth-order valence-electron chi connectivity index (χ4n) is 1.20. The smallest absolute Gasteiger partial charge is 0.238 e. The van der Waals surface area contributed by atoms with Gasteiger partial charge in [0.2, 0.25) is 9.04 Å². The van der Waals surface area contributed by atoms with Crippen molar-refractivity contribution < 1.29 is 4.43 Å². The van der Waals surface area contributed by atoms with E-state index in [1.54, 1.807) is 7.11 Å². The summed E-state index contributed by atoms with van der Waals surface area (Å²) in [5, 5.41) is 0. The van der Waals surface area contributed by atoms with Crippen LogP contribution in [0.15, 0.2) is 42.6 Å². The van der Waals surface area contributed by atoms with Gasteiger partial charge >= 0.3 is 0 Å². The number of hydrogen-bond donors (Lipinski definition) is 0. The highest BCUT2D eigenvalue weighted by Gasteiger charge is 2.05. The largest absolute Gasteiger partial charge is 0.415 e. The van der Waals surface area contributed by atoms with E-state index in [-0.39, 0.29) is 0 Å². The molecule has 0 heterocycles. The molecular weight excluding hydrogens is 176 g/mol. The van der Waals surface area contributed by atoms with Crippen molar-refractivity contribution in [3.05, 3.63) is 48.2 Å². The average Bonchev–Trinajstić information content (AvgIpc) is 2.21. The van der Waals surface area contributed by atoms with Gasteiger partial charge in [0.1, 0.15) is 0 Å². The first-order chi connectivity index (χ1) is 6.36. The van der Waals surface area contributed by atoms with Crippen molar-refractivity contribution in [2.45, 2.75) is 12.5 Å². The Morgan fingerprint density at radius 2 is 2.08 bits per heavy atom. The zero-order valence-corrected chi connectivity index (χ0v) is 8.99. The summed E-state index contributed by atoms with van der Waals surface area (Å²) in [5.41, 5.74) is 3.33. The van der Waals surface area contributed by atoms with E-state index in [4.69, 9.17) is 4.43 Å². The summed E-state index contributed by atoms with van der Waals surface area (Å²) in [7, 11) is 1.01. The molecule has 0 bridgehead atoms. The van der Waals surface area contributed by atoms with Gasteiger partial charge in [0.25, 0.3) is 0 Å².